The third-order valence-electron chi connectivity index (χ3n) is 4.08. The monoisotopic (exact) mass is 367 g/mol. The summed E-state index contributed by atoms with van der Waals surface area (Å²) < 4.78 is 0. The molecule has 0 bridgehead atoms. The van der Waals surface area contributed by atoms with Gasteiger partial charge in [0.1, 0.15) is 0 Å². The summed E-state index contributed by atoms with van der Waals surface area (Å²) in [6, 6.07) is 15.1. The Morgan fingerprint density at radius 1 is 1.19 bits per heavy atom. The molecule has 2 aromatic carbocycles. The van der Waals surface area contributed by atoms with Gasteiger partial charge in [0, 0.05) is 36.5 Å². The van der Waals surface area contributed by atoms with Gasteiger partial charge in [-0.25, -0.2) is 4.98 Å². The van der Waals surface area contributed by atoms with Crippen LogP contribution in [0.15, 0.2) is 60.0 Å². The minimum Gasteiger partial charge on any atom is -0.370 e. The molecule has 3 aromatic rings. The van der Waals surface area contributed by atoms with Crippen LogP contribution in [0.5, 0.6) is 0 Å². The summed E-state index contributed by atoms with van der Waals surface area (Å²) in [4.78, 5) is 11.4. The minimum absolute atomic E-state index is 0.529. The Hall–Kier alpha value is -2.47. The van der Waals surface area contributed by atoms with Gasteiger partial charge in [0.15, 0.2) is 5.96 Å². The average molecular weight is 368 g/mol. The SMILES string of the molecule is NC(=NCCCc1cnc[nH]1)NCCSCc1ccc2ccccc2c1. The van der Waals surface area contributed by atoms with Crippen LogP contribution in [-0.4, -0.2) is 34.8 Å². The van der Waals surface area contributed by atoms with E-state index in [2.05, 4.69) is 62.7 Å². The molecule has 0 radical (unpaired) electrons. The van der Waals surface area contributed by atoms with Crippen LogP contribution < -0.4 is 11.1 Å². The zero-order valence-electron chi connectivity index (χ0n) is 14.8. The number of nitrogens with two attached hydrogens (primary N) is 1. The molecule has 1 heterocycles. The zero-order chi connectivity index (χ0) is 18.0. The summed E-state index contributed by atoms with van der Waals surface area (Å²) in [6.07, 6.45) is 5.45. The number of guanidine groups is 1. The van der Waals surface area contributed by atoms with Crippen LogP contribution in [-0.2, 0) is 12.2 Å². The fourth-order valence-corrected chi connectivity index (χ4v) is 3.52. The van der Waals surface area contributed by atoms with Crippen LogP contribution in [0.2, 0.25) is 0 Å². The lowest BCUT2D eigenvalue weighted by Gasteiger charge is -2.06. The second-order valence-corrected chi connectivity index (χ2v) is 7.21. The Bertz CT molecular complexity index is 829. The number of nitrogens with one attached hydrogen (secondary N) is 2. The number of fused-ring (bicyclic) bond motifs is 1. The maximum atomic E-state index is 5.90. The molecular formula is C20H25N5S. The number of H-pyrrole nitrogens is 1. The summed E-state index contributed by atoms with van der Waals surface area (Å²) in [5, 5.41) is 5.77. The lowest BCUT2D eigenvalue weighted by molar-refractivity contribution is 0.806. The molecule has 0 aliphatic heterocycles. The summed E-state index contributed by atoms with van der Waals surface area (Å²) in [5.74, 6) is 2.53. The summed E-state index contributed by atoms with van der Waals surface area (Å²) in [6.45, 7) is 1.55. The average Bonchev–Trinajstić information content (AvgIpc) is 3.18. The van der Waals surface area contributed by atoms with E-state index in [1.165, 1.54) is 16.3 Å². The summed E-state index contributed by atoms with van der Waals surface area (Å²) >= 11 is 1.90. The lowest BCUT2D eigenvalue weighted by Crippen LogP contribution is -2.33. The first kappa shape index (κ1) is 18.3. The molecule has 0 unspecified atom stereocenters. The van der Waals surface area contributed by atoms with Gasteiger partial charge in [-0.3, -0.25) is 4.99 Å². The smallest absolute Gasteiger partial charge is 0.188 e. The normalized spacial score (nSPS) is 11.8. The Labute approximate surface area is 158 Å². The molecule has 0 saturated carbocycles. The van der Waals surface area contributed by atoms with Crippen molar-refractivity contribution >= 4 is 28.5 Å². The van der Waals surface area contributed by atoms with E-state index < -0.39 is 0 Å². The second kappa shape index (κ2) is 9.87. The van der Waals surface area contributed by atoms with E-state index in [1.807, 2.05) is 18.0 Å². The van der Waals surface area contributed by atoms with Gasteiger partial charge in [-0.2, -0.15) is 11.8 Å². The molecule has 26 heavy (non-hydrogen) atoms. The van der Waals surface area contributed by atoms with Crippen molar-refractivity contribution < 1.29 is 0 Å². The molecule has 6 heteroatoms. The quantitative estimate of drug-likeness (QED) is 0.308. The van der Waals surface area contributed by atoms with Crippen LogP contribution >= 0.6 is 11.8 Å². The number of thioether (sulfide) groups is 1. The fraction of sp³-hybridized carbons (Fsp3) is 0.300. The van der Waals surface area contributed by atoms with Gasteiger partial charge < -0.3 is 16.0 Å². The summed E-state index contributed by atoms with van der Waals surface area (Å²) in [5.41, 5.74) is 8.39. The molecule has 5 nitrogen and oxygen atoms in total. The van der Waals surface area contributed by atoms with Gasteiger partial charge in [-0.05, 0) is 29.2 Å². The number of aryl methyl sites for hydroxylation is 1. The van der Waals surface area contributed by atoms with Crippen molar-refractivity contribution in [3.8, 4) is 0 Å². The second-order valence-electron chi connectivity index (χ2n) is 6.11. The Balaban J connectivity index is 1.29. The first-order valence-corrected chi connectivity index (χ1v) is 10.0. The Morgan fingerprint density at radius 3 is 2.92 bits per heavy atom. The van der Waals surface area contributed by atoms with Gasteiger partial charge in [-0.15, -0.1) is 0 Å². The number of aliphatic imine (C=N–C) groups is 1. The number of nitrogens with zero attached hydrogens (tertiary/aromatic N) is 2. The topological polar surface area (TPSA) is 79.1 Å². The zero-order valence-corrected chi connectivity index (χ0v) is 15.6. The van der Waals surface area contributed by atoms with Gasteiger partial charge in [-0.1, -0.05) is 42.5 Å². The molecule has 136 valence electrons. The third kappa shape index (κ3) is 5.81. The highest BCUT2D eigenvalue weighted by Gasteiger charge is 1.98. The predicted molar refractivity (Wildman–Crippen MR) is 112 cm³/mol. The highest BCUT2D eigenvalue weighted by molar-refractivity contribution is 7.98. The van der Waals surface area contributed by atoms with E-state index in [-0.39, 0.29) is 0 Å². The van der Waals surface area contributed by atoms with E-state index in [1.54, 1.807) is 6.33 Å². The number of aromatic nitrogens is 2. The molecule has 0 fully saturated rings. The first-order valence-electron chi connectivity index (χ1n) is 8.88. The van der Waals surface area contributed by atoms with Gasteiger partial charge >= 0.3 is 0 Å². The van der Waals surface area contributed by atoms with E-state index >= 15 is 0 Å². The molecule has 4 N–H and O–H groups in total. The maximum Gasteiger partial charge on any atom is 0.188 e. The van der Waals surface area contributed by atoms with E-state index in [0.717, 1.165) is 43.1 Å². The lowest BCUT2D eigenvalue weighted by atomic mass is 10.1. The molecule has 0 aliphatic rings. The molecule has 0 atom stereocenters. The fourth-order valence-electron chi connectivity index (χ4n) is 2.72. The van der Waals surface area contributed by atoms with Crippen molar-refractivity contribution in [3.63, 3.8) is 0 Å². The highest BCUT2D eigenvalue weighted by Crippen LogP contribution is 2.19. The first-order chi connectivity index (χ1) is 12.8. The maximum absolute atomic E-state index is 5.90. The van der Waals surface area contributed by atoms with Crippen LogP contribution in [0.3, 0.4) is 0 Å². The minimum atomic E-state index is 0.529. The highest BCUT2D eigenvalue weighted by atomic mass is 32.2. The van der Waals surface area contributed by atoms with Gasteiger partial charge in [0.2, 0.25) is 0 Å². The number of benzene rings is 2. The molecule has 1 aromatic heterocycles. The standard InChI is InChI=1S/C20H25N5S/c21-20(23-9-3-6-19-13-22-15-25-19)24-10-11-26-14-16-7-8-17-4-1-2-5-18(17)12-16/h1-2,4-5,7-8,12-13,15H,3,6,9-11,14H2,(H,22,25)(H3,21,23,24). The molecular weight excluding hydrogens is 342 g/mol. The number of hydrogen-bond acceptors (Lipinski definition) is 3. The third-order valence-corrected chi connectivity index (χ3v) is 5.11. The van der Waals surface area contributed by atoms with Crippen molar-refractivity contribution in [2.24, 2.45) is 10.7 Å². The molecule has 0 spiro atoms. The van der Waals surface area contributed by atoms with Crippen LogP contribution in [0.25, 0.3) is 10.8 Å². The van der Waals surface area contributed by atoms with E-state index in [0.29, 0.717) is 5.96 Å². The van der Waals surface area contributed by atoms with Crippen LogP contribution in [0.1, 0.15) is 17.7 Å². The van der Waals surface area contributed by atoms with Crippen LogP contribution in [0, 0.1) is 0 Å². The van der Waals surface area contributed by atoms with Crippen molar-refractivity contribution in [1.82, 2.24) is 15.3 Å². The number of rotatable bonds is 9. The van der Waals surface area contributed by atoms with Gasteiger partial charge in [0.25, 0.3) is 0 Å². The van der Waals surface area contributed by atoms with E-state index in [9.17, 15) is 0 Å². The molecule has 0 aliphatic carbocycles. The van der Waals surface area contributed by atoms with Crippen molar-refractivity contribution in [1.29, 1.82) is 0 Å². The van der Waals surface area contributed by atoms with Gasteiger partial charge in [0.05, 0.1) is 6.33 Å². The van der Waals surface area contributed by atoms with Crippen molar-refractivity contribution in [2.75, 3.05) is 18.8 Å². The number of aromatic amines is 1. The van der Waals surface area contributed by atoms with E-state index in [4.69, 9.17) is 5.73 Å². The predicted octanol–water partition coefficient (Wildman–Crippen LogP) is 3.33. The van der Waals surface area contributed by atoms with Crippen molar-refractivity contribution in [2.45, 2.75) is 18.6 Å². The Kier molecular flexibility index (Phi) is 6.96. The van der Waals surface area contributed by atoms with Crippen molar-refractivity contribution in [3.05, 3.63) is 66.2 Å². The largest absolute Gasteiger partial charge is 0.370 e. The molecule has 0 saturated heterocycles. The number of imidazole rings is 1. The summed E-state index contributed by atoms with van der Waals surface area (Å²) in [7, 11) is 0. The number of hydrogen-bond donors (Lipinski definition) is 3. The molecule has 3 rings (SSSR count). The molecule has 0 amide bonds. The van der Waals surface area contributed by atoms with Crippen LogP contribution in [0.4, 0.5) is 0 Å². The Morgan fingerprint density at radius 2 is 2.08 bits per heavy atom.